The second-order valence-electron chi connectivity index (χ2n) is 5.85. The summed E-state index contributed by atoms with van der Waals surface area (Å²) in [5.41, 5.74) is 2.03. The van der Waals surface area contributed by atoms with E-state index >= 15 is 0 Å². The molecule has 0 aliphatic heterocycles. The maximum absolute atomic E-state index is 12.8. The van der Waals surface area contributed by atoms with E-state index < -0.39 is 0 Å². The maximum atomic E-state index is 12.8. The predicted octanol–water partition coefficient (Wildman–Crippen LogP) is 4.96. The van der Waals surface area contributed by atoms with Gasteiger partial charge in [-0.3, -0.25) is 4.79 Å². The van der Waals surface area contributed by atoms with Gasteiger partial charge in [0.15, 0.2) is 0 Å². The quantitative estimate of drug-likeness (QED) is 0.688. The van der Waals surface area contributed by atoms with Gasteiger partial charge < -0.3 is 9.47 Å². The summed E-state index contributed by atoms with van der Waals surface area (Å²) in [6, 6.07) is 15.6. The zero-order chi connectivity index (χ0) is 17.5. The van der Waals surface area contributed by atoms with Gasteiger partial charge in [0, 0.05) is 11.8 Å². The smallest absolute Gasteiger partial charge is 0.147 e. The van der Waals surface area contributed by atoms with Crippen LogP contribution in [0.1, 0.15) is 50.7 Å². The Bertz CT molecular complexity index is 586. The molecule has 2 atom stereocenters. The Morgan fingerprint density at radius 1 is 0.750 bits per heavy atom. The molecule has 0 aliphatic carbocycles. The molecule has 0 aromatic heterocycles. The average Bonchev–Trinajstić information content (AvgIpc) is 2.62. The molecule has 0 amide bonds. The Balaban J connectivity index is 2.08. The summed E-state index contributed by atoms with van der Waals surface area (Å²) in [5.74, 6) is 1.58. The van der Waals surface area contributed by atoms with Crippen molar-refractivity contribution in [2.75, 3.05) is 13.2 Å². The van der Waals surface area contributed by atoms with Crippen LogP contribution in [-0.4, -0.2) is 19.0 Å². The van der Waals surface area contributed by atoms with Gasteiger partial charge in [-0.2, -0.15) is 0 Å². The number of ether oxygens (including phenoxy) is 2. The van der Waals surface area contributed by atoms with Gasteiger partial charge in [0.1, 0.15) is 17.3 Å². The van der Waals surface area contributed by atoms with E-state index in [0.717, 1.165) is 22.6 Å². The van der Waals surface area contributed by atoms with Crippen LogP contribution in [0.2, 0.25) is 0 Å². The number of carbonyl (C=O) groups excluding carboxylic acids is 1. The number of rotatable bonds is 8. The molecule has 2 aromatic carbocycles. The number of Topliss-reactive ketones (excluding diaryl/α,β-unsaturated/α-hetero) is 1. The highest BCUT2D eigenvalue weighted by Gasteiger charge is 2.22. The number of benzene rings is 2. The third-order valence-electron chi connectivity index (χ3n) is 4.24. The van der Waals surface area contributed by atoms with Gasteiger partial charge in [-0.25, -0.2) is 0 Å². The fourth-order valence-corrected chi connectivity index (χ4v) is 2.74. The third kappa shape index (κ3) is 4.38. The zero-order valence-corrected chi connectivity index (χ0v) is 14.9. The van der Waals surface area contributed by atoms with Crippen molar-refractivity contribution >= 4 is 5.78 Å². The molecule has 0 spiro atoms. The molecule has 2 unspecified atom stereocenters. The first-order valence-electron chi connectivity index (χ1n) is 8.56. The summed E-state index contributed by atoms with van der Waals surface area (Å²) in [6.45, 7) is 9.12. The summed E-state index contributed by atoms with van der Waals surface area (Å²) < 4.78 is 10.9. The molecular formula is C21H26O3. The summed E-state index contributed by atoms with van der Waals surface area (Å²) in [6.07, 6.45) is 0. The van der Waals surface area contributed by atoms with Gasteiger partial charge >= 0.3 is 0 Å². The van der Waals surface area contributed by atoms with Gasteiger partial charge in [-0.1, -0.05) is 38.1 Å². The summed E-state index contributed by atoms with van der Waals surface area (Å²) in [5, 5.41) is 0. The monoisotopic (exact) mass is 326 g/mol. The van der Waals surface area contributed by atoms with Gasteiger partial charge in [0.25, 0.3) is 0 Å². The van der Waals surface area contributed by atoms with Crippen molar-refractivity contribution in [3.63, 3.8) is 0 Å². The van der Waals surface area contributed by atoms with Crippen LogP contribution in [-0.2, 0) is 4.79 Å². The Morgan fingerprint density at radius 3 is 1.38 bits per heavy atom. The van der Waals surface area contributed by atoms with Crippen molar-refractivity contribution < 1.29 is 14.3 Å². The zero-order valence-electron chi connectivity index (χ0n) is 14.9. The van der Waals surface area contributed by atoms with Crippen LogP contribution in [0, 0.1) is 0 Å². The Hall–Kier alpha value is -2.29. The molecule has 3 nitrogen and oxygen atoms in total. The van der Waals surface area contributed by atoms with Gasteiger partial charge in [0.2, 0.25) is 0 Å². The molecule has 0 saturated carbocycles. The number of hydrogen-bond donors (Lipinski definition) is 0. The van der Waals surface area contributed by atoms with E-state index in [9.17, 15) is 4.79 Å². The minimum atomic E-state index is -0.151. The normalized spacial score (nSPS) is 13.2. The van der Waals surface area contributed by atoms with Crippen molar-refractivity contribution in [2.24, 2.45) is 0 Å². The van der Waals surface area contributed by atoms with Gasteiger partial charge in [-0.05, 0) is 49.2 Å². The minimum absolute atomic E-state index is 0.151. The molecule has 0 bridgehead atoms. The molecule has 0 fully saturated rings. The lowest BCUT2D eigenvalue weighted by atomic mass is 9.86. The summed E-state index contributed by atoms with van der Waals surface area (Å²) in [7, 11) is 0. The Kier molecular flexibility index (Phi) is 6.42. The van der Waals surface area contributed by atoms with Gasteiger partial charge in [0.05, 0.1) is 13.2 Å². The molecule has 0 heterocycles. The number of ketones is 1. The lowest BCUT2D eigenvalue weighted by Gasteiger charge is -2.18. The largest absolute Gasteiger partial charge is 0.494 e. The molecule has 0 N–H and O–H groups in total. The first-order chi connectivity index (χ1) is 11.6. The molecular weight excluding hydrogens is 300 g/mol. The first-order valence-corrected chi connectivity index (χ1v) is 8.56. The molecule has 2 aromatic rings. The van der Waals surface area contributed by atoms with E-state index in [1.165, 1.54) is 0 Å². The van der Waals surface area contributed by atoms with E-state index in [2.05, 4.69) is 0 Å². The molecule has 3 heteroatoms. The average molecular weight is 326 g/mol. The van der Waals surface area contributed by atoms with Crippen LogP contribution >= 0.6 is 0 Å². The highest BCUT2D eigenvalue weighted by atomic mass is 16.5. The van der Waals surface area contributed by atoms with Crippen LogP contribution in [0.15, 0.2) is 48.5 Å². The van der Waals surface area contributed by atoms with Crippen LogP contribution < -0.4 is 9.47 Å². The van der Waals surface area contributed by atoms with E-state index in [1.54, 1.807) is 0 Å². The van der Waals surface area contributed by atoms with Crippen molar-refractivity contribution in [3.05, 3.63) is 59.7 Å². The molecule has 0 saturated heterocycles. The van der Waals surface area contributed by atoms with E-state index in [4.69, 9.17) is 9.47 Å². The van der Waals surface area contributed by atoms with Crippen LogP contribution in [0.3, 0.4) is 0 Å². The Morgan fingerprint density at radius 2 is 1.08 bits per heavy atom. The van der Waals surface area contributed by atoms with Crippen molar-refractivity contribution in [2.45, 2.75) is 39.5 Å². The molecule has 24 heavy (non-hydrogen) atoms. The van der Waals surface area contributed by atoms with Gasteiger partial charge in [-0.15, -0.1) is 0 Å². The number of carbonyl (C=O) groups is 1. The highest BCUT2D eigenvalue weighted by molar-refractivity contribution is 5.91. The summed E-state index contributed by atoms with van der Waals surface area (Å²) >= 11 is 0. The molecule has 2 rings (SSSR count). The molecule has 128 valence electrons. The van der Waals surface area contributed by atoms with E-state index in [-0.39, 0.29) is 17.6 Å². The van der Waals surface area contributed by atoms with Crippen LogP contribution in [0.25, 0.3) is 0 Å². The van der Waals surface area contributed by atoms with Crippen molar-refractivity contribution in [1.82, 2.24) is 0 Å². The lowest BCUT2D eigenvalue weighted by molar-refractivity contribution is -0.121. The Labute approximate surface area is 144 Å². The predicted molar refractivity (Wildman–Crippen MR) is 97.1 cm³/mol. The lowest BCUT2D eigenvalue weighted by Crippen LogP contribution is -2.16. The first kappa shape index (κ1) is 18.1. The van der Waals surface area contributed by atoms with E-state index in [0.29, 0.717) is 13.2 Å². The highest BCUT2D eigenvalue weighted by Crippen LogP contribution is 2.28. The third-order valence-corrected chi connectivity index (χ3v) is 4.24. The topological polar surface area (TPSA) is 35.5 Å². The second kappa shape index (κ2) is 8.53. The van der Waals surface area contributed by atoms with Crippen LogP contribution in [0.4, 0.5) is 0 Å². The summed E-state index contributed by atoms with van der Waals surface area (Å²) in [4.78, 5) is 12.8. The SMILES string of the molecule is CCOc1ccc(C(C)C(=O)C(C)c2ccc(OCC)cc2)cc1. The molecule has 0 radical (unpaired) electrons. The number of hydrogen-bond acceptors (Lipinski definition) is 3. The maximum Gasteiger partial charge on any atom is 0.147 e. The van der Waals surface area contributed by atoms with Crippen molar-refractivity contribution in [1.29, 1.82) is 0 Å². The minimum Gasteiger partial charge on any atom is -0.494 e. The fraction of sp³-hybridized carbons (Fsp3) is 0.381. The fourth-order valence-electron chi connectivity index (χ4n) is 2.74. The van der Waals surface area contributed by atoms with Crippen molar-refractivity contribution in [3.8, 4) is 11.5 Å². The van der Waals surface area contributed by atoms with Crippen LogP contribution in [0.5, 0.6) is 11.5 Å². The van der Waals surface area contributed by atoms with E-state index in [1.807, 2.05) is 76.2 Å². The standard InChI is InChI=1S/C21H26O3/c1-5-23-19-11-7-17(8-12-19)15(3)21(22)16(4)18-9-13-20(14-10-18)24-6-2/h7-16H,5-6H2,1-4H3. The molecule has 0 aliphatic rings. The second-order valence-corrected chi connectivity index (χ2v) is 5.85.